The van der Waals surface area contributed by atoms with Gasteiger partial charge in [-0.15, -0.1) is 5.10 Å². The second-order valence-electron chi connectivity index (χ2n) is 4.03. The quantitative estimate of drug-likeness (QED) is 0.493. The van der Waals surface area contributed by atoms with Gasteiger partial charge in [0, 0.05) is 19.1 Å². The number of nitro groups is 1. The summed E-state index contributed by atoms with van der Waals surface area (Å²) in [5.74, 6) is -0.879. The molecule has 0 aliphatic heterocycles. The van der Waals surface area contributed by atoms with Gasteiger partial charge in [-0.2, -0.15) is 13.2 Å². The van der Waals surface area contributed by atoms with Gasteiger partial charge in [-0.3, -0.25) is 14.9 Å². The Morgan fingerprint density at radius 3 is 2.29 bits per heavy atom. The summed E-state index contributed by atoms with van der Waals surface area (Å²) in [6, 6.07) is 4.24. The molecule has 1 heterocycles. The van der Waals surface area contributed by atoms with E-state index in [-0.39, 0.29) is 11.4 Å². The lowest BCUT2D eigenvalue weighted by Crippen LogP contribution is -2.16. The van der Waals surface area contributed by atoms with Crippen molar-refractivity contribution in [1.29, 1.82) is 0 Å². The Morgan fingerprint density at radius 1 is 1.29 bits per heavy atom. The van der Waals surface area contributed by atoms with Crippen molar-refractivity contribution < 1.29 is 22.9 Å². The molecule has 110 valence electrons. The number of aromatic nitrogens is 3. The number of nitro benzene ring substituents is 1. The van der Waals surface area contributed by atoms with Gasteiger partial charge in [-0.25, -0.2) is 4.68 Å². The van der Waals surface area contributed by atoms with Crippen LogP contribution in [0.5, 0.6) is 0 Å². The van der Waals surface area contributed by atoms with Gasteiger partial charge in [0.15, 0.2) is 17.2 Å². The van der Waals surface area contributed by atoms with Crippen LogP contribution in [0.25, 0.3) is 5.69 Å². The lowest BCUT2D eigenvalue weighted by Gasteiger charge is -2.10. The highest BCUT2D eigenvalue weighted by Crippen LogP contribution is 2.33. The van der Waals surface area contributed by atoms with Crippen molar-refractivity contribution in [2.75, 3.05) is 0 Å². The molecule has 0 aliphatic carbocycles. The van der Waals surface area contributed by atoms with E-state index in [0.717, 1.165) is 31.2 Å². The number of carbonyl (C=O) groups excluding carboxylic acids is 1. The topological polar surface area (TPSA) is 90.9 Å². The molecule has 0 amide bonds. The van der Waals surface area contributed by atoms with Crippen LogP contribution >= 0.6 is 0 Å². The molecule has 0 fully saturated rings. The van der Waals surface area contributed by atoms with E-state index >= 15 is 0 Å². The third kappa shape index (κ3) is 2.73. The molecule has 0 spiro atoms. The summed E-state index contributed by atoms with van der Waals surface area (Å²) in [7, 11) is 0. The number of rotatable bonds is 3. The van der Waals surface area contributed by atoms with E-state index in [0.29, 0.717) is 4.68 Å². The molecule has 0 atom stereocenters. The zero-order valence-electron chi connectivity index (χ0n) is 10.5. The van der Waals surface area contributed by atoms with Gasteiger partial charge in [0.1, 0.15) is 0 Å². The molecule has 1 aromatic carbocycles. The summed E-state index contributed by atoms with van der Waals surface area (Å²) in [4.78, 5) is 21.0. The molecule has 7 nitrogen and oxygen atoms in total. The third-order valence-corrected chi connectivity index (χ3v) is 2.58. The number of benzene rings is 1. The fourth-order valence-electron chi connectivity index (χ4n) is 1.67. The summed E-state index contributed by atoms with van der Waals surface area (Å²) in [5, 5.41) is 17.0. The van der Waals surface area contributed by atoms with Gasteiger partial charge in [-0.1, -0.05) is 5.21 Å². The predicted octanol–water partition coefficient (Wildman–Crippen LogP) is 2.40. The molecule has 0 N–H and O–H groups in total. The number of Topliss-reactive ketones (excluding diaryl/α,β-unsaturated/α-hetero) is 1. The molecule has 0 unspecified atom stereocenters. The second-order valence-corrected chi connectivity index (χ2v) is 4.03. The Bertz CT molecular complexity index is 706. The normalized spacial score (nSPS) is 11.4. The summed E-state index contributed by atoms with van der Waals surface area (Å²) in [6.07, 6.45) is -4.84. The van der Waals surface area contributed by atoms with E-state index in [2.05, 4.69) is 10.3 Å². The lowest BCUT2D eigenvalue weighted by molar-refractivity contribution is -0.384. The minimum Gasteiger partial charge on any atom is -0.293 e. The number of carbonyl (C=O) groups is 1. The molecular weight excluding hydrogens is 293 g/mol. The van der Waals surface area contributed by atoms with Crippen LogP contribution in [0.3, 0.4) is 0 Å². The first kappa shape index (κ1) is 14.6. The zero-order valence-corrected chi connectivity index (χ0v) is 10.5. The Hall–Kier alpha value is -2.78. The second kappa shape index (κ2) is 4.96. The number of ketones is 1. The van der Waals surface area contributed by atoms with Gasteiger partial charge in [0.05, 0.1) is 10.6 Å². The van der Waals surface area contributed by atoms with Crippen LogP contribution in [0.4, 0.5) is 18.9 Å². The maximum Gasteiger partial charge on any atom is 0.435 e. The average Bonchev–Trinajstić information content (AvgIpc) is 2.83. The SMILES string of the molecule is CC(=O)c1nnn(-c2ccc([N+](=O)[O-])cc2)c1C(F)(F)F. The highest BCUT2D eigenvalue weighted by molar-refractivity contribution is 5.93. The van der Waals surface area contributed by atoms with Crippen molar-refractivity contribution in [3.63, 3.8) is 0 Å². The Labute approximate surface area is 115 Å². The van der Waals surface area contributed by atoms with E-state index in [1.807, 2.05) is 0 Å². The molecular formula is C11H7F3N4O3. The van der Waals surface area contributed by atoms with Crippen molar-refractivity contribution in [3.8, 4) is 5.69 Å². The van der Waals surface area contributed by atoms with Crippen LogP contribution in [-0.2, 0) is 6.18 Å². The van der Waals surface area contributed by atoms with E-state index in [1.165, 1.54) is 0 Å². The molecule has 10 heteroatoms. The minimum atomic E-state index is -4.84. The third-order valence-electron chi connectivity index (χ3n) is 2.58. The van der Waals surface area contributed by atoms with Gasteiger partial charge in [0.25, 0.3) is 5.69 Å². The minimum absolute atomic E-state index is 0.0899. The Kier molecular flexibility index (Phi) is 3.45. The first-order valence-corrected chi connectivity index (χ1v) is 5.50. The van der Waals surface area contributed by atoms with Gasteiger partial charge < -0.3 is 0 Å². The summed E-state index contributed by atoms with van der Waals surface area (Å²) in [5.41, 5.74) is -2.49. The van der Waals surface area contributed by atoms with E-state index < -0.39 is 28.3 Å². The molecule has 2 aromatic rings. The number of hydrogen-bond donors (Lipinski definition) is 0. The van der Waals surface area contributed by atoms with Gasteiger partial charge in [0.2, 0.25) is 0 Å². The number of non-ortho nitro benzene ring substituents is 1. The molecule has 0 saturated heterocycles. The van der Waals surface area contributed by atoms with Crippen LogP contribution in [0.15, 0.2) is 24.3 Å². The van der Waals surface area contributed by atoms with Crippen molar-refractivity contribution in [3.05, 3.63) is 45.8 Å². The highest BCUT2D eigenvalue weighted by Gasteiger charge is 2.41. The predicted molar refractivity (Wildman–Crippen MR) is 63.0 cm³/mol. The molecule has 0 aliphatic rings. The van der Waals surface area contributed by atoms with Crippen LogP contribution in [0, 0.1) is 10.1 Å². The van der Waals surface area contributed by atoms with Crippen molar-refractivity contribution >= 4 is 11.5 Å². The maximum absolute atomic E-state index is 13.0. The number of hydrogen-bond acceptors (Lipinski definition) is 5. The smallest absolute Gasteiger partial charge is 0.293 e. The van der Waals surface area contributed by atoms with Gasteiger partial charge >= 0.3 is 6.18 Å². The summed E-state index contributed by atoms with van der Waals surface area (Å²) >= 11 is 0. The molecule has 0 bridgehead atoms. The summed E-state index contributed by atoms with van der Waals surface area (Å²) < 4.78 is 39.5. The standard InChI is InChI=1S/C11H7F3N4O3/c1-6(19)9-10(11(12,13)14)17(16-15-9)7-2-4-8(5-3-7)18(20)21/h2-5H,1H3. The molecule has 1 aromatic heterocycles. The van der Waals surface area contributed by atoms with E-state index in [4.69, 9.17) is 0 Å². The van der Waals surface area contributed by atoms with E-state index in [1.54, 1.807) is 0 Å². The monoisotopic (exact) mass is 300 g/mol. The van der Waals surface area contributed by atoms with Crippen molar-refractivity contribution in [1.82, 2.24) is 15.0 Å². The fourth-order valence-corrected chi connectivity index (χ4v) is 1.67. The molecule has 21 heavy (non-hydrogen) atoms. The highest BCUT2D eigenvalue weighted by atomic mass is 19.4. The van der Waals surface area contributed by atoms with Crippen molar-refractivity contribution in [2.24, 2.45) is 0 Å². The van der Waals surface area contributed by atoms with Crippen LogP contribution in [0.1, 0.15) is 23.1 Å². The first-order valence-electron chi connectivity index (χ1n) is 5.50. The van der Waals surface area contributed by atoms with Crippen molar-refractivity contribution in [2.45, 2.75) is 13.1 Å². The Morgan fingerprint density at radius 2 is 1.86 bits per heavy atom. The molecule has 0 saturated carbocycles. The fraction of sp³-hybridized carbons (Fsp3) is 0.182. The number of nitrogens with zero attached hydrogens (tertiary/aromatic N) is 4. The number of alkyl halides is 3. The van der Waals surface area contributed by atoms with Crippen LogP contribution in [0.2, 0.25) is 0 Å². The first-order chi connectivity index (χ1) is 9.71. The largest absolute Gasteiger partial charge is 0.435 e. The van der Waals surface area contributed by atoms with Gasteiger partial charge in [-0.05, 0) is 12.1 Å². The summed E-state index contributed by atoms with van der Waals surface area (Å²) in [6.45, 7) is 0.944. The Balaban J connectivity index is 2.59. The zero-order chi connectivity index (χ0) is 15.8. The maximum atomic E-state index is 13.0. The van der Waals surface area contributed by atoms with Crippen LogP contribution < -0.4 is 0 Å². The van der Waals surface area contributed by atoms with E-state index in [9.17, 15) is 28.1 Å². The lowest BCUT2D eigenvalue weighted by atomic mass is 10.2. The molecule has 2 rings (SSSR count). The molecule has 0 radical (unpaired) electrons. The average molecular weight is 300 g/mol. The van der Waals surface area contributed by atoms with Crippen LogP contribution in [-0.4, -0.2) is 25.7 Å². The number of halogens is 3.